The van der Waals surface area contributed by atoms with E-state index in [4.69, 9.17) is 5.26 Å². The molecule has 0 amide bonds. The van der Waals surface area contributed by atoms with Gasteiger partial charge in [0.2, 0.25) is 0 Å². The topological polar surface area (TPSA) is 23.8 Å². The first-order valence-electron chi connectivity index (χ1n) is 3.44. The van der Waals surface area contributed by atoms with E-state index in [1.54, 1.807) is 0 Å². The Morgan fingerprint density at radius 1 is 1.58 bits per heavy atom. The van der Waals surface area contributed by atoms with E-state index in [0.717, 1.165) is 14.5 Å². The van der Waals surface area contributed by atoms with Crippen LogP contribution in [0.25, 0.3) is 0 Å². The van der Waals surface area contributed by atoms with Crippen molar-refractivity contribution in [3.8, 4) is 6.07 Å². The lowest BCUT2D eigenvalue weighted by Crippen LogP contribution is -1.90. The second kappa shape index (κ2) is 4.24. The van der Waals surface area contributed by atoms with Crippen LogP contribution in [0.15, 0.2) is 12.1 Å². The Morgan fingerprint density at radius 2 is 2.25 bits per heavy atom. The van der Waals surface area contributed by atoms with Crippen LogP contribution in [-0.2, 0) is 5.33 Å². The minimum Gasteiger partial charge on any atom is -0.192 e. The van der Waals surface area contributed by atoms with Gasteiger partial charge in [0.25, 0.3) is 0 Å². The molecule has 0 bridgehead atoms. The Balaban J connectivity index is 3.28. The number of hydrogen-bond acceptors (Lipinski definition) is 1. The Kier molecular flexibility index (Phi) is 3.53. The molecule has 62 valence electrons. The predicted molar refractivity (Wildman–Crippen MR) is 61.2 cm³/mol. The van der Waals surface area contributed by atoms with Crippen molar-refractivity contribution in [1.82, 2.24) is 0 Å². The van der Waals surface area contributed by atoms with Crippen molar-refractivity contribution in [2.24, 2.45) is 0 Å². The smallest absolute Gasteiger partial charge is 0.100 e. The summed E-state index contributed by atoms with van der Waals surface area (Å²) in [5, 5.41) is 9.59. The maximum absolute atomic E-state index is 8.74. The summed E-state index contributed by atoms with van der Waals surface area (Å²) in [6, 6.07) is 6.14. The van der Waals surface area contributed by atoms with Crippen LogP contribution in [0.5, 0.6) is 0 Å². The molecule has 0 aromatic heterocycles. The highest BCUT2D eigenvalue weighted by molar-refractivity contribution is 14.1. The van der Waals surface area contributed by atoms with E-state index in [1.807, 2.05) is 19.1 Å². The molecule has 0 heterocycles. The van der Waals surface area contributed by atoms with Crippen LogP contribution < -0.4 is 0 Å². The van der Waals surface area contributed by atoms with Crippen molar-refractivity contribution in [1.29, 1.82) is 5.26 Å². The molecule has 1 aromatic carbocycles. The van der Waals surface area contributed by atoms with Gasteiger partial charge in [0.15, 0.2) is 0 Å². The summed E-state index contributed by atoms with van der Waals surface area (Å²) in [5.74, 6) is 0. The van der Waals surface area contributed by atoms with Crippen molar-refractivity contribution in [3.05, 3.63) is 32.4 Å². The number of rotatable bonds is 1. The van der Waals surface area contributed by atoms with Gasteiger partial charge in [0, 0.05) is 8.90 Å². The Hall–Kier alpha value is -0.0800. The molecule has 12 heavy (non-hydrogen) atoms. The zero-order valence-electron chi connectivity index (χ0n) is 6.56. The van der Waals surface area contributed by atoms with E-state index >= 15 is 0 Å². The van der Waals surface area contributed by atoms with Gasteiger partial charge in [-0.2, -0.15) is 5.26 Å². The largest absolute Gasteiger partial charge is 0.192 e. The number of aryl methyl sites for hydroxylation is 1. The molecule has 1 nitrogen and oxygen atoms in total. The molecule has 3 heteroatoms. The van der Waals surface area contributed by atoms with E-state index in [-0.39, 0.29) is 0 Å². The standard InChI is InChI=1S/C9H7BrIN/c1-6-2-8(5-12)9(11)3-7(6)4-10/h2-3H,4H2,1H3. The van der Waals surface area contributed by atoms with E-state index in [9.17, 15) is 0 Å². The highest BCUT2D eigenvalue weighted by atomic mass is 127. The molecule has 1 aromatic rings. The molecular formula is C9H7BrIN. The average Bonchev–Trinajstić information content (AvgIpc) is 2.08. The number of alkyl halides is 1. The molecule has 0 spiro atoms. The normalized spacial score (nSPS) is 9.50. The first kappa shape index (κ1) is 10.0. The molecule has 0 fully saturated rings. The highest BCUT2D eigenvalue weighted by Gasteiger charge is 2.03. The molecule has 0 aliphatic rings. The fraction of sp³-hybridized carbons (Fsp3) is 0.222. The quantitative estimate of drug-likeness (QED) is 0.570. The van der Waals surface area contributed by atoms with Crippen LogP contribution in [0.2, 0.25) is 0 Å². The minimum atomic E-state index is 0.762. The second-order valence-corrected chi connectivity index (χ2v) is 4.23. The summed E-state index contributed by atoms with van der Waals surface area (Å²) in [6.45, 7) is 2.02. The first-order chi connectivity index (χ1) is 5.69. The number of nitriles is 1. The third kappa shape index (κ3) is 1.99. The second-order valence-electron chi connectivity index (χ2n) is 2.50. The Bertz CT molecular complexity index is 340. The van der Waals surface area contributed by atoms with Crippen LogP contribution >= 0.6 is 38.5 Å². The maximum atomic E-state index is 8.74. The summed E-state index contributed by atoms with van der Waals surface area (Å²) < 4.78 is 1.02. The fourth-order valence-electron chi connectivity index (χ4n) is 0.952. The zero-order chi connectivity index (χ0) is 9.14. The molecule has 1 rings (SSSR count). The summed E-state index contributed by atoms with van der Waals surface area (Å²) in [6.07, 6.45) is 0. The lowest BCUT2D eigenvalue weighted by Gasteiger charge is -2.03. The highest BCUT2D eigenvalue weighted by Crippen LogP contribution is 2.19. The molecule has 0 saturated heterocycles. The molecule has 0 saturated carbocycles. The molecule has 0 aliphatic heterocycles. The summed E-state index contributed by atoms with van der Waals surface area (Å²) in [5.41, 5.74) is 3.18. The van der Waals surface area contributed by atoms with Gasteiger partial charge < -0.3 is 0 Å². The molecule has 0 aliphatic carbocycles. The molecule has 0 radical (unpaired) electrons. The van der Waals surface area contributed by atoms with E-state index in [0.29, 0.717) is 0 Å². The van der Waals surface area contributed by atoms with Gasteiger partial charge in [-0.05, 0) is 52.8 Å². The van der Waals surface area contributed by atoms with Gasteiger partial charge in [-0.15, -0.1) is 0 Å². The Morgan fingerprint density at radius 3 is 2.75 bits per heavy atom. The van der Waals surface area contributed by atoms with Crippen molar-refractivity contribution in [3.63, 3.8) is 0 Å². The number of benzene rings is 1. The molecule has 0 N–H and O–H groups in total. The summed E-state index contributed by atoms with van der Waals surface area (Å²) >= 11 is 5.59. The monoisotopic (exact) mass is 335 g/mol. The molecular weight excluding hydrogens is 329 g/mol. The van der Waals surface area contributed by atoms with Crippen LogP contribution in [0, 0.1) is 21.8 Å². The molecule has 0 unspecified atom stereocenters. The lowest BCUT2D eigenvalue weighted by atomic mass is 10.1. The third-order valence-electron chi connectivity index (χ3n) is 1.69. The van der Waals surface area contributed by atoms with Crippen LogP contribution in [0.3, 0.4) is 0 Å². The van der Waals surface area contributed by atoms with Crippen molar-refractivity contribution in [2.75, 3.05) is 0 Å². The van der Waals surface area contributed by atoms with E-state index in [2.05, 4.69) is 44.6 Å². The average molecular weight is 336 g/mol. The van der Waals surface area contributed by atoms with E-state index in [1.165, 1.54) is 11.1 Å². The third-order valence-corrected chi connectivity index (χ3v) is 3.19. The van der Waals surface area contributed by atoms with Gasteiger partial charge in [-0.25, -0.2) is 0 Å². The summed E-state index contributed by atoms with van der Waals surface area (Å²) in [4.78, 5) is 0. The van der Waals surface area contributed by atoms with Crippen LogP contribution in [0.4, 0.5) is 0 Å². The summed E-state index contributed by atoms with van der Waals surface area (Å²) in [7, 11) is 0. The van der Waals surface area contributed by atoms with Gasteiger partial charge in [-0.3, -0.25) is 0 Å². The lowest BCUT2D eigenvalue weighted by molar-refractivity contribution is 1.29. The fourth-order valence-corrected chi connectivity index (χ4v) is 2.21. The van der Waals surface area contributed by atoms with Gasteiger partial charge >= 0.3 is 0 Å². The van der Waals surface area contributed by atoms with Crippen molar-refractivity contribution >= 4 is 38.5 Å². The number of halogens is 2. The van der Waals surface area contributed by atoms with Crippen molar-refractivity contribution in [2.45, 2.75) is 12.3 Å². The number of nitrogens with zero attached hydrogens (tertiary/aromatic N) is 1. The maximum Gasteiger partial charge on any atom is 0.100 e. The van der Waals surface area contributed by atoms with Crippen LogP contribution in [-0.4, -0.2) is 0 Å². The van der Waals surface area contributed by atoms with Crippen molar-refractivity contribution < 1.29 is 0 Å². The van der Waals surface area contributed by atoms with E-state index < -0.39 is 0 Å². The number of hydrogen-bond donors (Lipinski definition) is 0. The first-order valence-corrected chi connectivity index (χ1v) is 5.64. The van der Waals surface area contributed by atoms with Gasteiger partial charge in [0.1, 0.15) is 6.07 Å². The van der Waals surface area contributed by atoms with Crippen LogP contribution in [0.1, 0.15) is 16.7 Å². The Labute approximate surface area is 94.0 Å². The minimum absolute atomic E-state index is 0.762. The van der Waals surface area contributed by atoms with Gasteiger partial charge in [-0.1, -0.05) is 15.9 Å². The van der Waals surface area contributed by atoms with Gasteiger partial charge in [0.05, 0.1) is 5.56 Å². The molecule has 0 atom stereocenters. The SMILES string of the molecule is Cc1cc(C#N)c(I)cc1CBr. The zero-order valence-corrected chi connectivity index (χ0v) is 10.3. The predicted octanol–water partition coefficient (Wildman–Crippen LogP) is 3.37.